The second-order valence-electron chi connectivity index (χ2n) is 5.10. The van der Waals surface area contributed by atoms with E-state index in [0.29, 0.717) is 0 Å². The van der Waals surface area contributed by atoms with Crippen molar-refractivity contribution >= 4 is 19.5 Å². The SMILES string of the molecule is CC(C)C[C@@H](OP(=O)(O)[C@@H](C)N)C(=O)N[C@@H](C)C(=O)O. The fraction of sp³-hybridized carbons (Fsp3) is 0.818. The first-order valence-electron chi connectivity index (χ1n) is 6.27. The van der Waals surface area contributed by atoms with E-state index >= 15 is 0 Å². The largest absolute Gasteiger partial charge is 0.480 e. The predicted octanol–water partition coefficient (Wildman–Crippen LogP) is 0.497. The van der Waals surface area contributed by atoms with Crippen LogP contribution in [0.2, 0.25) is 0 Å². The number of carboxylic acid groups (broad SMARTS) is 1. The molecule has 0 aromatic rings. The number of nitrogens with two attached hydrogens (primary N) is 1. The summed E-state index contributed by atoms with van der Waals surface area (Å²) < 4.78 is 16.7. The lowest BCUT2D eigenvalue weighted by Crippen LogP contribution is -2.45. The summed E-state index contributed by atoms with van der Waals surface area (Å²) >= 11 is 0. The lowest BCUT2D eigenvalue weighted by molar-refractivity contribution is -0.142. The lowest BCUT2D eigenvalue weighted by atomic mass is 10.1. The summed E-state index contributed by atoms with van der Waals surface area (Å²) in [5.41, 5.74) is 5.33. The molecule has 118 valence electrons. The van der Waals surface area contributed by atoms with Crippen LogP contribution in [0.1, 0.15) is 34.1 Å². The molecule has 9 heteroatoms. The minimum atomic E-state index is -4.13. The van der Waals surface area contributed by atoms with Crippen LogP contribution in [-0.4, -0.2) is 39.8 Å². The zero-order chi connectivity index (χ0) is 16.1. The minimum Gasteiger partial charge on any atom is -0.480 e. The molecule has 1 unspecified atom stereocenters. The summed E-state index contributed by atoms with van der Waals surface area (Å²) in [6.07, 6.45) is -1.05. The molecule has 4 atom stereocenters. The molecular formula is C11H23N2O6P. The second kappa shape index (κ2) is 7.73. The second-order valence-corrected chi connectivity index (χ2v) is 7.25. The van der Waals surface area contributed by atoms with E-state index in [1.807, 2.05) is 0 Å². The zero-order valence-corrected chi connectivity index (χ0v) is 13.0. The summed E-state index contributed by atoms with van der Waals surface area (Å²) in [4.78, 5) is 32.2. The van der Waals surface area contributed by atoms with Gasteiger partial charge in [0.15, 0.2) is 0 Å². The van der Waals surface area contributed by atoms with Crippen molar-refractivity contribution in [1.82, 2.24) is 5.32 Å². The van der Waals surface area contributed by atoms with Gasteiger partial charge in [-0.15, -0.1) is 0 Å². The van der Waals surface area contributed by atoms with E-state index in [2.05, 4.69) is 5.32 Å². The van der Waals surface area contributed by atoms with Gasteiger partial charge < -0.3 is 21.1 Å². The Hall–Kier alpha value is -0.950. The first kappa shape index (κ1) is 19.1. The number of hydrogen-bond acceptors (Lipinski definition) is 5. The van der Waals surface area contributed by atoms with Crippen LogP contribution in [0.4, 0.5) is 0 Å². The number of carbonyl (C=O) groups excluding carboxylic acids is 1. The molecule has 1 amide bonds. The predicted molar refractivity (Wildman–Crippen MR) is 73.0 cm³/mol. The molecule has 0 spiro atoms. The molecule has 0 radical (unpaired) electrons. The number of amides is 1. The molecule has 8 nitrogen and oxygen atoms in total. The Labute approximate surface area is 118 Å². The molecular weight excluding hydrogens is 287 g/mol. The summed E-state index contributed by atoms with van der Waals surface area (Å²) in [6.45, 7) is 6.19. The Kier molecular flexibility index (Phi) is 7.37. The fourth-order valence-electron chi connectivity index (χ4n) is 1.27. The van der Waals surface area contributed by atoms with Gasteiger partial charge in [-0.3, -0.25) is 18.7 Å². The maximum absolute atomic E-state index is 11.9. The Morgan fingerprint density at radius 1 is 1.30 bits per heavy atom. The quantitative estimate of drug-likeness (QED) is 0.478. The van der Waals surface area contributed by atoms with Crippen molar-refractivity contribution in [1.29, 1.82) is 0 Å². The molecule has 0 aliphatic rings. The number of carboxylic acids is 1. The highest BCUT2D eigenvalue weighted by molar-refractivity contribution is 7.53. The third-order valence-corrected chi connectivity index (χ3v) is 4.09. The van der Waals surface area contributed by atoms with Gasteiger partial charge in [-0.05, 0) is 26.2 Å². The standard InChI is InChI=1S/C11H23N2O6P/c1-6(2)5-9(19-20(17,18)8(4)12)10(14)13-7(3)11(15)16/h6-9H,5,12H2,1-4H3,(H,13,14)(H,15,16)(H,17,18)/t7-,8-,9+/m0/s1. The number of hydrogen-bond donors (Lipinski definition) is 4. The smallest absolute Gasteiger partial charge is 0.345 e. The van der Waals surface area contributed by atoms with Gasteiger partial charge in [0.2, 0.25) is 5.91 Å². The first-order valence-corrected chi connectivity index (χ1v) is 7.91. The summed E-state index contributed by atoms with van der Waals surface area (Å²) in [5.74, 6) is -3.08. The highest BCUT2D eigenvalue weighted by Gasteiger charge is 2.34. The van der Waals surface area contributed by atoms with E-state index in [-0.39, 0.29) is 12.3 Å². The van der Waals surface area contributed by atoms with E-state index in [0.717, 1.165) is 0 Å². The van der Waals surface area contributed by atoms with Crippen LogP contribution in [0, 0.1) is 5.92 Å². The number of carbonyl (C=O) groups is 2. The topological polar surface area (TPSA) is 139 Å². The van der Waals surface area contributed by atoms with Gasteiger partial charge in [-0.2, -0.15) is 0 Å². The van der Waals surface area contributed by atoms with Crippen LogP contribution in [0.3, 0.4) is 0 Å². The van der Waals surface area contributed by atoms with Crippen LogP contribution in [0.15, 0.2) is 0 Å². The van der Waals surface area contributed by atoms with E-state index in [1.165, 1.54) is 13.8 Å². The third kappa shape index (κ3) is 6.47. The average Bonchev–Trinajstić information content (AvgIpc) is 2.26. The normalized spacial score (nSPS) is 18.9. The maximum Gasteiger partial charge on any atom is 0.345 e. The molecule has 0 aliphatic heterocycles. The maximum atomic E-state index is 11.9. The van der Waals surface area contributed by atoms with Crippen molar-refractivity contribution < 1.29 is 28.7 Å². The van der Waals surface area contributed by atoms with Gasteiger partial charge in [0.1, 0.15) is 17.9 Å². The molecule has 0 saturated heterocycles. The molecule has 0 bridgehead atoms. The van der Waals surface area contributed by atoms with Gasteiger partial charge in [0.25, 0.3) is 0 Å². The van der Waals surface area contributed by atoms with Crippen molar-refractivity contribution in [2.24, 2.45) is 11.7 Å². The van der Waals surface area contributed by atoms with E-state index < -0.39 is 37.4 Å². The van der Waals surface area contributed by atoms with Gasteiger partial charge in [-0.25, -0.2) is 0 Å². The first-order chi connectivity index (χ1) is 8.97. The molecule has 0 rings (SSSR count). The Bertz CT molecular complexity index is 398. The number of aliphatic carboxylic acids is 1. The molecule has 0 heterocycles. The van der Waals surface area contributed by atoms with Crippen molar-refractivity contribution in [3.8, 4) is 0 Å². The molecule has 20 heavy (non-hydrogen) atoms. The highest BCUT2D eigenvalue weighted by Crippen LogP contribution is 2.46. The third-order valence-electron chi connectivity index (χ3n) is 2.50. The fourth-order valence-corrected chi connectivity index (χ4v) is 2.01. The molecule has 0 aliphatic carbocycles. The van der Waals surface area contributed by atoms with Gasteiger partial charge >= 0.3 is 13.6 Å². The van der Waals surface area contributed by atoms with Crippen molar-refractivity contribution in [2.75, 3.05) is 0 Å². The lowest BCUT2D eigenvalue weighted by Gasteiger charge is -2.24. The van der Waals surface area contributed by atoms with Crippen LogP contribution in [0.5, 0.6) is 0 Å². The summed E-state index contributed by atoms with van der Waals surface area (Å²) in [6, 6.07) is -1.12. The van der Waals surface area contributed by atoms with Gasteiger partial charge in [0.05, 0.1) is 0 Å². The number of nitrogens with one attached hydrogen (secondary N) is 1. The van der Waals surface area contributed by atoms with Crippen LogP contribution in [-0.2, 0) is 18.7 Å². The van der Waals surface area contributed by atoms with E-state index in [1.54, 1.807) is 13.8 Å². The Morgan fingerprint density at radius 3 is 2.15 bits per heavy atom. The average molecular weight is 310 g/mol. The van der Waals surface area contributed by atoms with Gasteiger partial charge in [-0.1, -0.05) is 13.8 Å². The van der Waals surface area contributed by atoms with E-state index in [4.69, 9.17) is 15.4 Å². The molecule has 0 saturated carbocycles. The number of rotatable bonds is 8. The Morgan fingerprint density at radius 2 is 1.80 bits per heavy atom. The monoisotopic (exact) mass is 310 g/mol. The minimum absolute atomic E-state index is 0.0129. The van der Waals surface area contributed by atoms with Gasteiger partial charge in [0, 0.05) is 0 Å². The highest BCUT2D eigenvalue weighted by atomic mass is 31.2. The Balaban J connectivity index is 4.93. The molecule has 0 aromatic heterocycles. The molecule has 0 fully saturated rings. The van der Waals surface area contributed by atoms with Crippen LogP contribution < -0.4 is 11.1 Å². The molecule has 5 N–H and O–H groups in total. The van der Waals surface area contributed by atoms with Crippen LogP contribution >= 0.6 is 7.60 Å². The summed E-state index contributed by atoms with van der Waals surface area (Å²) in [5, 5.41) is 10.9. The van der Waals surface area contributed by atoms with E-state index in [9.17, 15) is 19.0 Å². The summed E-state index contributed by atoms with van der Waals surface area (Å²) in [7, 11) is -4.13. The van der Waals surface area contributed by atoms with Crippen molar-refractivity contribution in [2.45, 2.75) is 52.0 Å². The van der Waals surface area contributed by atoms with Crippen molar-refractivity contribution in [3.63, 3.8) is 0 Å². The van der Waals surface area contributed by atoms with Crippen molar-refractivity contribution in [3.05, 3.63) is 0 Å². The molecule has 0 aromatic carbocycles. The zero-order valence-electron chi connectivity index (χ0n) is 12.1. The van der Waals surface area contributed by atoms with Crippen LogP contribution in [0.25, 0.3) is 0 Å².